The molecule has 28 heteroatoms. The van der Waals surface area contributed by atoms with E-state index >= 15 is 33.6 Å². The van der Waals surface area contributed by atoms with Gasteiger partial charge in [0.25, 0.3) is 5.69 Å². The molecule has 0 aromatic heterocycles. The molecule has 0 heterocycles. The minimum atomic E-state index is -1.52. The van der Waals surface area contributed by atoms with E-state index in [0.29, 0.717) is 59.3 Å². The van der Waals surface area contributed by atoms with Crippen LogP contribution in [0.3, 0.4) is 0 Å². The van der Waals surface area contributed by atoms with Crippen molar-refractivity contribution in [1.29, 1.82) is 0 Å². The number of benzene rings is 9. The third kappa shape index (κ3) is 38.7. The molecule has 0 bridgehead atoms. The number of nitrogens with two attached hydrogens (primary N) is 1. The van der Waals surface area contributed by atoms with Crippen LogP contribution in [0.2, 0.25) is 0 Å². The zero-order chi connectivity index (χ0) is 101. The predicted molar refractivity (Wildman–Crippen MR) is 542 cm³/mol. The van der Waals surface area contributed by atoms with Gasteiger partial charge in [-0.2, -0.15) is 11.8 Å². The number of non-ortho nitro benzene ring substituents is 1. The Morgan fingerprint density at radius 3 is 1.41 bits per heavy atom. The molecule has 0 aliphatic heterocycles. The van der Waals surface area contributed by atoms with Crippen LogP contribution in [0, 0.1) is 46.6 Å². The van der Waals surface area contributed by atoms with Gasteiger partial charge in [0.1, 0.15) is 24.0 Å². The Labute approximate surface area is 826 Å². The molecular formula is C112H136N8O19S. The maximum atomic E-state index is 15.8. The standard InChI is InChI=1S/C112H136N8O19S/c1-10-77(4)104(101(124)67-90(59-63-140-9)110(130)139-119-106(88-53-39-76(3)40-54-88)89-55-57-94(58-56-89)120(132)133)117-107(127)91(64-83-32-21-14-22-33-83)68-99(122)97(66-85-51-47-82(48-52-85)44-42-80-30-19-13-20-31-80)115-108(128)92(71-113)69-102(125)105(78(5)137-73-87-36-25-16-26-37-87)118-109(129)93(74-136-72-86-34-23-15-24-35-86)70-100(123)96(65-84-49-45-81(46-50-84)43-41-79-28-17-12-18-29-79)114-103(126)75-135-62-61-134-60-27-38-98(121)95(11-2)116-111(131)138-112(6,7)8/h12-26,28-37,39-40,45-58,77-78,90-93,95-97,104-105H,10-11,27,38,41-44,59-75,113H2,1-9H3,(H,114,126)(H,115,128)(H,116,131)(H,117,127)(H,118,129)/b119-106-/t77?,78?,90-,91-,92+,93+,95+,96+,97+,104+,105+/m1/s1. The number of hydrogen-bond acceptors (Lipinski definition) is 22. The summed E-state index contributed by atoms with van der Waals surface area (Å²) >= 11 is 1.45. The molecule has 0 spiro atoms. The van der Waals surface area contributed by atoms with Gasteiger partial charge in [0.2, 0.25) is 23.6 Å². The van der Waals surface area contributed by atoms with Crippen molar-refractivity contribution in [2.45, 2.75) is 213 Å². The van der Waals surface area contributed by atoms with Crippen LogP contribution >= 0.6 is 11.8 Å². The highest BCUT2D eigenvalue weighted by Crippen LogP contribution is 2.27. The first-order chi connectivity index (χ1) is 67.4. The van der Waals surface area contributed by atoms with Gasteiger partial charge in [0.15, 0.2) is 28.9 Å². The van der Waals surface area contributed by atoms with E-state index in [4.69, 9.17) is 34.3 Å². The zero-order valence-corrected chi connectivity index (χ0v) is 82.7. The lowest BCUT2D eigenvalue weighted by molar-refractivity contribution is -0.384. The van der Waals surface area contributed by atoms with Crippen LogP contribution < -0.4 is 32.3 Å². The number of alkyl carbamates (subject to hydrolysis) is 1. The SMILES string of the molecule is CCC(C)[C@H](NC(=O)[C@@H](CC(=O)[C@H](Cc1ccc(CCc2ccccc2)cc1)NC(=O)[C@H](CN)CC(=O)[C@@H](NC(=O)[C@H](COCc1ccccc1)CC(=O)[C@H](Cc1ccc(CCc2ccccc2)cc1)NC(=O)COCCOCCCC(=O)[C@H](CC)NC(=O)OC(C)(C)C)C(C)OCc1ccccc1)Cc1ccccc1)C(=O)C[C@@H](CCSC)C(=O)O/N=C(/c1ccc(C)cc1)c1ccc([N+](=O)[O-])cc1. The lowest BCUT2D eigenvalue weighted by atomic mass is 9.86. The highest BCUT2D eigenvalue weighted by molar-refractivity contribution is 7.98. The molecule has 744 valence electrons. The van der Waals surface area contributed by atoms with Gasteiger partial charge in [-0.1, -0.05) is 262 Å². The van der Waals surface area contributed by atoms with E-state index < -0.39 is 168 Å². The fourth-order valence-electron chi connectivity index (χ4n) is 16.0. The van der Waals surface area contributed by atoms with Crippen molar-refractivity contribution >= 4 is 87.8 Å². The highest BCUT2D eigenvalue weighted by atomic mass is 32.2. The van der Waals surface area contributed by atoms with Gasteiger partial charge in [0.05, 0.1) is 86.0 Å². The number of thioether (sulfide) groups is 1. The van der Waals surface area contributed by atoms with E-state index in [1.54, 1.807) is 65.8 Å². The summed E-state index contributed by atoms with van der Waals surface area (Å²) in [4.78, 5) is 179. The maximum absolute atomic E-state index is 15.8. The number of carbonyl (C=O) groups is 11. The number of nitrogens with one attached hydrogen (secondary N) is 5. The number of oxime groups is 1. The first-order valence-corrected chi connectivity index (χ1v) is 49.7. The van der Waals surface area contributed by atoms with Crippen LogP contribution in [0.1, 0.15) is 173 Å². The lowest BCUT2D eigenvalue weighted by Crippen LogP contribution is -2.53. The first kappa shape index (κ1) is 111. The molecule has 9 aromatic rings. The van der Waals surface area contributed by atoms with Crippen molar-refractivity contribution in [2.24, 2.45) is 40.5 Å². The minimum Gasteiger partial charge on any atom is -0.444 e. The van der Waals surface area contributed by atoms with Crippen molar-refractivity contribution in [1.82, 2.24) is 26.6 Å². The molecule has 0 aliphatic carbocycles. The summed E-state index contributed by atoms with van der Waals surface area (Å²) in [5, 5.41) is 30.4. The summed E-state index contributed by atoms with van der Waals surface area (Å²) in [6.07, 6.45) is 2.44. The molecule has 0 fully saturated rings. The lowest BCUT2D eigenvalue weighted by Gasteiger charge is -2.29. The molecule has 140 heavy (non-hydrogen) atoms. The molecular weight excluding hydrogens is 1790 g/mol. The second-order valence-electron chi connectivity index (χ2n) is 36.6. The van der Waals surface area contributed by atoms with Gasteiger partial charge >= 0.3 is 12.1 Å². The van der Waals surface area contributed by atoms with Gasteiger partial charge in [-0.15, -0.1) is 0 Å². The third-order valence-corrected chi connectivity index (χ3v) is 25.1. The number of hydrogen-bond donors (Lipinski definition) is 6. The summed E-state index contributed by atoms with van der Waals surface area (Å²) in [5.74, 6) is -11.1. The second-order valence-corrected chi connectivity index (χ2v) is 37.6. The third-order valence-electron chi connectivity index (χ3n) is 24.4. The number of rotatable bonds is 62. The molecule has 9 aromatic carbocycles. The first-order valence-electron chi connectivity index (χ1n) is 48.3. The summed E-state index contributed by atoms with van der Waals surface area (Å²) in [6, 6.07) is 69.6. The number of aryl methyl sites for hydroxylation is 5. The van der Waals surface area contributed by atoms with Crippen LogP contribution in [0.5, 0.6) is 0 Å². The van der Waals surface area contributed by atoms with E-state index in [1.165, 1.54) is 41.6 Å². The van der Waals surface area contributed by atoms with Crippen LogP contribution in [-0.2, 0) is 135 Å². The molecule has 2 unspecified atom stereocenters. The summed E-state index contributed by atoms with van der Waals surface area (Å²) in [6.45, 7) is 13.1. The van der Waals surface area contributed by atoms with E-state index in [1.807, 2.05) is 196 Å². The number of ether oxygens (including phenoxy) is 5. The topological polar surface area (TPSA) is 385 Å². The van der Waals surface area contributed by atoms with Crippen molar-refractivity contribution < 1.29 is 86.2 Å². The molecule has 7 N–H and O–H groups in total. The number of nitrogens with zero attached hydrogens (tertiary/aromatic N) is 2. The fraction of sp³-hybridized carbons (Fsp3) is 0.411. The maximum Gasteiger partial charge on any atom is 0.408 e. The van der Waals surface area contributed by atoms with E-state index in [0.717, 1.165) is 52.6 Å². The predicted octanol–water partition coefficient (Wildman–Crippen LogP) is 16.0. The molecule has 27 nitrogen and oxygen atoms in total. The Hall–Kier alpha value is -12.8. The minimum absolute atomic E-state index is 0.00103. The van der Waals surface area contributed by atoms with E-state index in [9.17, 15) is 29.3 Å². The average molecular weight is 1930 g/mol. The Balaban J connectivity index is 0.963. The van der Waals surface area contributed by atoms with Gasteiger partial charge in [-0.05, 0) is 179 Å². The molecule has 0 aliphatic rings. The van der Waals surface area contributed by atoms with Gasteiger partial charge in [-0.25, -0.2) is 9.59 Å². The molecule has 0 radical (unpaired) electrons. The number of carbonyl (C=O) groups excluding carboxylic acids is 11. The van der Waals surface area contributed by atoms with Crippen LogP contribution in [0.25, 0.3) is 0 Å². The van der Waals surface area contributed by atoms with Crippen molar-refractivity contribution in [3.63, 3.8) is 0 Å². The van der Waals surface area contributed by atoms with E-state index in [2.05, 4.69) is 56.0 Å². The van der Waals surface area contributed by atoms with Crippen LogP contribution in [0.4, 0.5) is 10.5 Å². The van der Waals surface area contributed by atoms with Crippen molar-refractivity contribution in [3.05, 3.63) is 326 Å². The summed E-state index contributed by atoms with van der Waals surface area (Å²) in [7, 11) is 0. The number of Topliss-reactive ketones (excluding diaryl/α,β-unsaturated/α-hetero) is 5. The molecule has 9 rings (SSSR count). The number of nitro benzene ring substituents is 1. The smallest absolute Gasteiger partial charge is 0.408 e. The molecule has 0 saturated heterocycles. The fourth-order valence-corrected chi connectivity index (χ4v) is 16.5. The summed E-state index contributed by atoms with van der Waals surface area (Å²) in [5.41, 5.74) is 15.7. The summed E-state index contributed by atoms with van der Waals surface area (Å²) < 4.78 is 29.6. The Morgan fingerprint density at radius 1 is 0.450 bits per heavy atom. The largest absolute Gasteiger partial charge is 0.444 e. The second kappa shape index (κ2) is 58.9. The van der Waals surface area contributed by atoms with Crippen molar-refractivity contribution in [2.75, 3.05) is 51.6 Å². The van der Waals surface area contributed by atoms with Crippen LogP contribution in [-0.4, -0.2) is 169 Å². The molecule has 5 amide bonds. The van der Waals surface area contributed by atoms with Crippen LogP contribution in [0.15, 0.2) is 254 Å². The number of ketones is 5. The number of nitro groups is 1. The van der Waals surface area contributed by atoms with Gasteiger partial charge < -0.3 is 60.8 Å². The Kier molecular flexibility index (Phi) is 46.6. The zero-order valence-electron chi connectivity index (χ0n) is 81.8. The van der Waals surface area contributed by atoms with E-state index in [-0.39, 0.29) is 95.3 Å². The molecule has 11 atom stereocenters. The number of amides is 5. The van der Waals surface area contributed by atoms with Gasteiger partial charge in [0, 0.05) is 74.4 Å². The quantitative estimate of drug-likeness (QED) is 0.00678. The van der Waals surface area contributed by atoms with Crippen molar-refractivity contribution in [3.8, 4) is 0 Å². The molecule has 0 saturated carbocycles. The Bertz CT molecular complexity index is 5450. The Morgan fingerprint density at radius 2 is 0.893 bits per heavy atom. The van der Waals surface area contributed by atoms with Gasteiger partial charge in [-0.3, -0.25) is 53.3 Å². The monoisotopic (exact) mass is 1930 g/mol. The average Bonchev–Trinajstić information content (AvgIpc) is 0.828. The normalized spacial score (nSPS) is 13.9. The highest BCUT2D eigenvalue weighted by Gasteiger charge is 2.39.